The number of carbonyl (C=O) groups excluding carboxylic acids is 3. The number of nitrogens with one attached hydrogen (secondary N) is 3. The number of hydrogen-bond acceptors (Lipinski definition) is 3. The molecule has 3 amide bonds. The van der Waals surface area contributed by atoms with Gasteiger partial charge in [0.05, 0.1) is 6.54 Å². The van der Waals surface area contributed by atoms with Gasteiger partial charge in [-0.05, 0) is 0 Å². The van der Waals surface area contributed by atoms with Crippen molar-refractivity contribution < 1.29 is 18.8 Å². The SMILES string of the molecule is CC(=O)NNC(=O)CNC(=O)CF. The quantitative estimate of drug-likeness (QED) is 0.462. The van der Waals surface area contributed by atoms with E-state index in [0.29, 0.717) is 0 Å². The minimum absolute atomic E-state index is 0.372. The van der Waals surface area contributed by atoms with Gasteiger partial charge in [-0.1, -0.05) is 0 Å². The van der Waals surface area contributed by atoms with Crippen molar-refractivity contribution in [3.05, 3.63) is 0 Å². The summed E-state index contributed by atoms with van der Waals surface area (Å²) in [5.41, 5.74) is 3.99. The first kappa shape index (κ1) is 11.3. The third kappa shape index (κ3) is 6.73. The van der Waals surface area contributed by atoms with Gasteiger partial charge in [0, 0.05) is 6.92 Å². The van der Waals surface area contributed by atoms with E-state index in [2.05, 4.69) is 0 Å². The first-order chi connectivity index (χ1) is 6.06. The second-order valence-corrected chi connectivity index (χ2v) is 2.14. The number of halogens is 1. The van der Waals surface area contributed by atoms with Crippen LogP contribution in [0.3, 0.4) is 0 Å². The van der Waals surface area contributed by atoms with Crippen molar-refractivity contribution in [2.45, 2.75) is 6.92 Å². The Kier molecular flexibility index (Phi) is 5.17. The van der Waals surface area contributed by atoms with Crippen LogP contribution in [0.15, 0.2) is 0 Å². The maximum Gasteiger partial charge on any atom is 0.257 e. The van der Waals surface area contributed by atoms with Crippen molar-refractivity contribution in [2.24, 2.45) is 0 Å². The van der Waals surface area contributed by atoms with Crippen molar-refractivity contribution in [1.29, 1.82) is 0 Å². The first-order valence-corrected chi connectivity index (χ1v) is 3.44. The molecule has 0 aliphatic carbocycles. The van der Waals surface area contributed by atoms with Crippen molar-refractivity contribution in [3.8, 4) is 0 Å². The van der Waals surface area contributed by atoms with Gasteiger partial charge in [0.2, 0.25) is 5.91 Å². The predicted molar refractivity (Wildman–Crippen MR) is 40.9 cm³/mol. The molecule has 0 bridgehead atoms. The molecule has 0 aliphatic rings. The lowest BCUT2D eigenvalue weighted by Crippen LogP contribution is -2.45. The van der Waals surface area contributed by atoms with E-state index < -0.39 is 24.4 Å². The lowest BCUT2D eigenvalue weighted by atomic mass is 10.5. The van der Waals surface area contributed by atoms with E-state index in [1.807, 2.05) is 16.2 Å². The number of hydrazine groups is 1. The van der Waals surface area contributed by atoms with Crippen LogP contribution >= 0.6 is 0 Å². The molecule has 6 nitrogen and oxygen atoms in total. The molecule has 0 aromatic rings. The molecule has 0 saturated heterocycles. The first-order valence-electron chi connectivity index (χ1n) is 3.44. The molecule has 0 saturated carbocycles. The summed E-state index contributed by atoms with van der Waals surface area (Å²) < 4.78 is 11.5. The van der Waals surface area contributed by atoms with Crippen molar-refractivity contribution >= 4 is 17.7 Å². The lowest BCUT2D eigenvalue weighted by Gasteiger charge is -2.04. The Morgan fingerprint density at radius 2 is 1.77 bits per heavy atom. The Hall–Kier alpha value is -1.66. The van der Waals surface area contributed by atoms with Crippen LogP contribution in [0, 0.1) is 0 Å². The minimum Gasteiger partial charge on any atom is -0.345 e. The van der Waals surface area contributed by atoms with E-state index >= 15 is 0 Å². The molecule has 0 heterocycles. The van der Waals surface area contributed by atoms with Gasteiger partial charge in [-0.15, -0.1) is 0 Å². The number of alkyl halides is 1. The zero-order valence-corrected chi connectivity index (χ0v) is 7.02. The molecule has 0 aromatic heterocycles. The molecule has 0 atom stereocenters. The summed E-state index contributed by atoms with van der Waals surface area (Å²) in [4.78, 5) is 31.3. The zero-order valence-electron chi connectivity index (χ0n) is 7.02. The van der Waals surface area contributed by atoms with E-state index in [9.17, 15) is 18.8 Å². The van der Waals surface area contributed by atoms with Crippen LogP contribution in [-0.2, 0) is 14.4 Å². The van der Waals surface area contributed by atoms with E-state index in [1.165, 1.54) is 6.92 Å². The van der Waals surface area contributed by atoms with E-state index in [4.69, 9.17) is 0 Å². The highest BCUT2D eigenvalue weighted by Gasteiger charge is 2.03. The van der Waals surface area contributed by atoms with Crippen LogP contribution in [0.2, 0.25) is 0 Å². The van der Waals surface area contributed by atoms with Crippen LogP contribution in [0.25, 0.3) is 0 Å². The largest absolute Gasteiger partial charge is 0.345 e. The Labute approximate surface area is 73.8 Å². The standard InChI is InChI=1S/C6H10FN3O3/c1-4(11)9-10-6(13)3-8-5(12)2-7/h2-3H2,1H3,(H,8,12)(H,9,11)(H,10,13). The second-order valence-electron chi connectivity index (χ2n) is 2.14. The van der Waals surface area contributed by atoms with Crippen LogP contribution in [-0.4, -0.2) is 30.9 Å². The fraction of sp³-hybridized carbons (Fsp3) is 0.500. The van der Waals surface area contributed by atoms with Gasteiger partial charge in [-0.25, -0.2) is 4.39 Å². The molecule has 7 heteroatoms. The summed E-state index contributed by atoms with van der Waals surface area (Å²) in [6, 6.07) is 0. The zero-order chi connectivity index (χ0) is 10.3. The number of carbonyl (C=O) groups is 3. The Morgan fingerprint density at radius 1 is 1.15 bits per heavy atom. The minimum atomic E-state index is -1.17. The highest BCUT2D eigenvalue weighted by atomic mass is 19.1. The molecule has 0 aliphatic heterocycles. The maximum atomic E-state index is 11.5. The number of amides is 3. The van der Waals surface area contributed by atoms with Gasteiger partial charge in [0.1, 0.15) is 0 Å². The van der Waals surface area contributed by atoms with Crippen LogP contribution < -0.4 is 16.2 Å². The third-order valence-electron chi connectivity index (χ3n) is 0.945. The number of rotatable bonds is 3. The Morgan fingerprint density at radius 3 is 2.23 bits per heavy atom. The highest BCUT2D eigenvalue weighted by Crippen LogP contribution is 1.68. The van der Waals surface area contributed by atoms with Gasteiger partial charge in [0.25, 0.3) is 11.8 Å². The van der Waals surface area contributed by atoms with Crippen LogP contribution in [0.4, 0.5) is 4.39 Å². The molecule has 0 unspecified atom stereocenters. The lowest BCUT2D eigenvalue weighted by molar-refractivity contribution is -0.129. The summed E-state index contributed by atoms with van der Waals surface area (Å²) in [5.74, 6) is -1.94. The van der Waals surface area contributed by atoms with Crippen molar-refractivity contribution in [3.63, 3.8) is 0 Å². The van der Waals surface area contributed by atoms with Gasteiger partial charge in [0.15, 0.2) is 6.67 Å². The van der Waals surface area contributed by atoms with E-state index in [-0.39, 0.29) is 6.54 Å². The van der Waals surface area contributed by atoms with Crippen molar-refractivity contribution in [2.75, 3.05) is 13.2 Å². The molecule has 3 N–H and O–H groups in total. The molecular weight excluding hydrogens is 181 g/mol. The molecule has 0 fully saturated rings. The van der Waals surface area contributed by atoms with E-state index in [1.54, 1.807) is 0 Å². The second kappa shape index (κ2) is 5.92. The van der Waals surface area contributed by atoms with Gasteiger partial charge in [-0.2, -0.15) is 0 Å². The monoisotopic (exact) mass is 191 g/mol. The molecule has 74 valence electrons. The molecule has 13 heavy (non-hydrogen) atoms. The summed E-state index contributed by atoms with van der Waals surface area (Å²) in [6.45, 7) is -0.336. The summed E-state index contributed by atoms with van der Waals surface area (Å²) in [7, 11) is 0. The average molecular weight is 191 g/mol. The molecule has 0 radical (unpaired) electrons. The summed E-state index contributed by atoms with van der Waals surface area (Å²) in [5, 5.41) is 1.98. The average Bonchev–Trinajstić information content (AvgIpc) is 2.10. The van der Waals surface area contributed by atoms with Gasteiger partial charge < -0.3 is 5.32 Å². The van der Waals surface area contributed by atoms with Crippen LogP contribution in [0.5, 0.6) is 0 Å². The summed E-state index contributed by atoms with van der Waals surface area (Å²) in [6.07, 6.45) is 0. The Balaban J connectivity index is 3.52. The van der Waals surface area contributed by atoms with Crippen LogP contribution in [0.1, 0.15) is 6.92 Å². The maximum absolute atomic E-state index is 11.5. The Bertz CT molecular complexity index is 219. The normalized spacial score (nSPS) is 8.77. The molecular formula is C6H10FN3O3. The highest BCUT2D eigenvalue weighted by molar-refractivity contribution is 5.86. The van der Waals surface area contributed by atoms with Gasteiger partial charge in [-0.3, -0.25) is 25.2 Å². The topological polar surface area (TPSA) is 87.3 Å². The predicted octanol–water partition coefficient (Wildman–Crippen LogP) is -1.76. The fourth-order valence-corrected chi connectivity index (χ4v) is 0.428. The van der Waals surface area contributed by atoms with Gasteiger partial charge >= 0.3 is 0 Å². The molecule has 0 aromatic carbocycles. The third-order valence-corrected chi connectivity index (χ3v) is 0.945. The van der Waals surface area contributed by atoms with Crippen molar-refractivity contribution in [1.82, 2.24) is 16.2 Å². The molecule has 0 spiro atoms. The van der Waals surface area contributed by atoms with E-state index in [0.717, 1.165) is 0 Å². The number of hydrogen-bond donors (Lipinski definition) is 3. The molecule has 0 rings (SSSR count). The fourth-order valence-electron chi connectivity index (χ4n) is 0.428. The summed E-state index contributed by atoms with van der Waals surface area (Å²) >= 11 is 0. The smallest absolute Gasteiger partial charge is 0.257 e.